The van der Waals surface area contributed by atoms with Crippen LogP contribution in [0.5, 0.6) is 23.0 Å². The van der Waals surface area contributed by atoms with Crippen molar-refractivity contribution in [2.24, 2.45) is 0 Å². The summed E-state index contributed by atoms with van der Waals surface area (Å²) in [6, 6.07) is 15.1. The molecule has 0 fully saturated rings. The molecule has 21 heavy (non-hydrogen) atoms. The van der Waals surface area contributed by atoms with E-state index in [9.17, 15) is 0 Å². The number of hydrogen-bond donors (Lipinski definition) is 0. The Kier molecular flexibility index (Phi) is 5.27. The lowest BCUT2D eigenvalue weighted by molar-refractivity contribution is 0.242. The molecular weight excluding hydrogens is 264 g/mol. The molecule has 0 aromatic heterocycles. The second-order valence-corrected chi connectivity index (χ2v) is 4.81. The van der Waals surface area contributed by atoms with E-state index >= 15 is 0 Å². The summed E-state index contributed by atoms with van der Waals surface area (Å²) in [7, 11) is 0. The summed E-state index contributed by atoms with van der Waals surface area (Å²) in [5, 5.41) is 0. The first-order valence-corrected chi connectivity index (χ1v) is 6.95. The minimum absolute atomic E-state index is 0.167. The molecule has 0 heterocycles. The maximum absolute atomic E-state index is 5.77. The normalized spacial score (nSPS) is 10.2. The minimum atomic E-state index is 0.167. The van der Waals surface area contributed by atoms with Crippen LogP contribution in [-0.2, 0) is 0 Å². The van der Waals surface area contributed by atoms with Crippen LogP contribution in [-0.4, -0.2) is 12.7 Å². The fraction of sp³-hybridized carbons (Fsp3) is 0.222. The fourth-order valence-electron chi connectivity index (χ4n) is 1.75. The zero-order valence-corrected chi connectivity index (χ0v) is 12.4. The Morgan fingerprint density at radius 2 is 1.33 bits per heavy atom. The maximum Gasteiger partial charge on any atom is 0.127 e. The number of benzene rings is 2. The fourth-order valence-corrected chi connectivity index (χ4v) is 1.75. The highest BCUT2D eigenvalue weighted by Crippen LogP contribution is 2.25. The van der Waals surface area contributed by atoms with Crippen LogP contribution >= 0.6 is 0 Å². The molecule has 0 N–H and O–H groups in total. The first-order chi connectivity index (χ1) is 10.2. The van der Waals surface area contributed by atoms with Gasteiger partial charge in [0, 0.05) is 0 Å². The summed E-state index contributed by atoms with van der Waals surface area (Å²) in [6.45, 7) is 8.11. The summed E-state index contributed by atoms with van der Waals surface area (Å²) < 4.78 is 16.8. The largest absolute Gasteiger partial charge is 0.491 e. The zero-order chi connectivity index (χ0) is 15.1. The molecule has 0 saturated carbocycles. The quantitative estimate of drug-likeness (QED) is 0.681. The summed E-state index contributed by atoms with van der Waals surface area (Å²) in [4.78, 5) is 0. The summed E-state index contributed by atoms with van der Waals surface area (Å²) in [5.41, 5.74) is 0. The van der Waals surface area contributed by atoms with E-state index in [0.29, 0.717) is 6.61 Å². The third kappa shape index (κ3) is 4.88. The number of hydrogen-bond acceptors (Lipinski definition) is 3. The van der Waals surface area contributed by atoms with Crippen LogP contribution in [0.1, 0.15) is 13.8 Å². The highest BCUT2D eigenvalue weighted by molar-refractivity contribution is 5.37. The molecule has 0 aliphatic heterocycles. The first-order valence-electron chi connectivity index (χ1n) is 6.95. The molecule has 0 aliphatic rings. The topological polar surface area (TPSA) is 27.7 Å². The van der Waals surface area contributed by atoms with Crippen LogP contribution < -0.4 is 14.2 Å². The van der Waals surface area contributed by atoms with Gasteiger partial charge < -0.3 is 14.2 Å². The van der Waals surface area contributed by atoms with Crippen molar-refractivity contribution in [2.75, 3.05) is 6.61 Å². The van der Waals surface area contributed by atoms with Gasteiger partial charge >= 0.3 is 0 Å². The molecule has 2 rings (SSSR count). The van der Waals surface area contributed by atoms with Gasteiger partial charge in [0.15, 0.2) is 0 Å². The van der Waals surface area contributed by atoms with Gasteiger partial charge in [-0.2, -0.15) is 0 Å². The summed E-state index contributed by atoms with van der Waals surface area (Å²) in [6.07, 6.45) is 1.88. The summed E-state index contributed by atoms with van der Waals surface area (Å²) in [5.74, 6) is 3.16. The van der Waals surface area contributed by atoms with Gasteiger partial charge in [0.2, 0.25) is 0 Å². The molecule has 0 amide bonds. The summed E-state index contributed by atoms with van der Waals surface area (Å²) >= 11 is 0. The van der Waals surface area contributed by atoms with Crippen LogP contribution in [0, 0.1) is 0 Å². The highest BCUT2D eigenvalue weighted by Gasteiger charge is 2.01. The van der Waals surface area contributed by atoms with E-state index in [1.54, 1.807) is 6.08 Å². The highest BCUT2D eigenvalue weighted by atomic mass is 16.5. The molecule has 2 aromatic rings. The standard InChI is InChI=1S/C18H20O3/c1-4-13-19-15-5-7-17(8-6-15)21-18-11-9-16(10-12-18)20-14(2)3/h4-12,14H,1,13H2,2-3H3. The van der Waals surface area contributed by atoms with Gasteiger partial charge in [0.25, 0.3) is 0 Å². The van der Waals surface area contributed by atoms with E-state index in [4.69, 9.17) is 14.2 Å². The van der Waals surface area contributed by atoms with Crippen LogP contribution in [0.3, 0.4) is 0 Å². The van der Waals surface area contributed by atoms with Crippen LogP contribution in [0.2, 0.25) is 0 Å². The predicted molar refractivity (Wildman–Crippen MR) is 84.4 cm³/mol. The van der Waals surface area contributed by atoms with E-state index < -0.39 is 0 Å². The van der Waals surface area contributed by atoms with Crippen molar-refractivity contribution in [1.82, 2.24) is 0 Å². The molecule has 3 nitrogen and oxygen atoms in total. The molecule has 0 aliphatic carbocycles. The lowest BCUT2D eigenvalue weighted by atomic mass is 10.3. The Bertz CT molecular complexity index is 556. The molecule has 0 spiro atoms. The van der Waals surface area contributed by atoms with Crippen LogP contribution in [0.25, 0.3) is 0 Å². The van der Waals surface area contributed by atoms with Gasteiger partial charge in [0.1, 0.15) is 29.6 Å². The van der Waals surface area contributed by atoms with Crippen molar-refractivity contribution in [3.8, 4) is 23.0 Å². The average molecular weight is 284 g/mol. The molecule has 3 heteroatoms. The van der Waals surface area contributed by atoms with Crippen molar-refractivity contribution < 1.29 is 14.2 Å². The Morgan fingerprint density at radius 3 is 1.81 bits per heavy atom. The van der Waals surface area contributed by atoms with Crippen molar-refractivity contribution in [3.05, 3.63) is 61.2 Å². The van der Waals surface area contributed by atoms with Gasteiger partial charge in [-0.05, 0) is 62.4 Å². The van der Waals surface area contributed by atoms with Gasteiger partial charge in [0.05, 0.1) is 6.10 Å². The first kappa shape index (κ1) is 15.0. The van der Waals surface area contributed by atoms with E-state index in [1.165, 1.54) is 0 Å². The van der Waals surface area contributed by atoms with Crippen molar-refractivity contribution >= 4 is 0 Å². The average Bonchev–Trinajstić information content (AvgIpc) is 2.48. The molecule has 0 saturated heterocycles. The lowest BCUT2D eigenvalue weighted by Crippen LogP contribution is -2.05. The third-order valence-electron chi connectivity index (χ3n) is 2.62. The molecule has 0 radical (unpaired) electrons. The second-order valence-electron chi connectivity index (χ2n) is 4.81. The zero-order valence-electron chi connectivity index (χ0n) is 12.4. The maximum atomic E-state index is 5.77. The minimum Gasteiger partial charge on any atom is -0.491 e. The van der Waals surface area contributed by atoms with Gasteiger partial charge in [-0.1, -0.05) is 12.7 Å². The Balaban J connectivity index is 1.96. The smallest absolute Gasteiger partial charge is 0.127 e. The SMILES string of the molecule is C=CCOc1ccc(Oc2ccc(OC(C)C)cc2)cc1. The molecule has 0 unspecified atom stereocenters. The van der Waals surface area contributed by atoms with E-state index in [1.807, 2.05) is 62.4 Å². The van der Waals surface area contributed by atoms with E-state index in [-0.39, 0.29) is 6.10 Å². The van der Waals surface area contributed by atoms with E-state index in [2.05, 4.69) is 6.58 Å². The predicted octanol–water partition coefficient (Wildman–Crippen LogP) is 4.83. The Hall–Kier alpha value is -2.42. The molecule has 110 valence electrons. The molecular formula is C18H20O3. The second kappa shape index (κ2) is 7.39. The van der Waals surface area contributed by atoms with Gasteiger partial charge in [-0.15, -0.1) is 0 Å². The number of rotatable bonds is 7. The Labute approximate surface area is 125 Å². The molecule has 2 aromatic carbocycles. The van der Waals surface area contributed by atoms with Crippen molar-refractivity contribution in [1.29, 1.82) is 0 Å². The third-order valence-corrected chi connectivity index (χ3v) is 2.62. The van der Waals surface area contributed by atoms with E-state index in [0.717, 1.165) is 23.0 Å². The van der Waals surface area contributed by atoms with Gasteiger partial charge in [-0.3, -0.25) is 0 Å². The number of ether oxygens (including phenoxy) is 3. The van der Waals surface area contributed by atoms with Crippen LogP contribution in [0.15, 0.2) is 61.2 Å². The Morgan fingerprint density at radius 1 is 0.857 bits per heavy atom. The van der Waals surface area contributed by atoms with Gasteiger partial charge in [-0.25, -0.2) is 0 Å². The molecule has 0 bridgehead atoms. The van der Waals surface area contributed by atoms with Crippen molar-refractivity contribution in [2.45, 2.75) is 20.0 Å². The molecule has 0 atom stereocenters. The van der Waals surface area contributed by atoms with Crippen molar-refractivity contribution in [3.63, 3.8) is 0 Å². The monoisotopic (exact) mass is 284 g/mol. The lowest BCUT2D eigenvalue weighted by Gasteiger charge is -2.11. The van der Waals surface area contributed by atoms with Crippen LogP contribution in [0.4, 0.5) is 0 Å².